The zero-order valence-electron chi connectivity index (χ0n) is 13.4. The lowest BCUT2D eigenvalue weighted by Gasteiger charge is -2.22. The third-order valence-electron chi connectivity index (χ3n) is 3.29. The molecule has 1 heterocycles. The molecule has 7 heteroatoms. The topological polar surface area (TPSA) is 21.5 Å². The lowest BCUT2D eigenvalue weighted by atomic mass is 10.2. The molecule has 1 rings (SSSR count). The van der Waals surface area contributed by atoms with E-state index < -0.39 is 0 Å². The van der Waals surface area contributed by atoms with Crippen LogP contribution in [0.15, 0.2) is 0 Å². The molecule has 0 bridgehead atoms. The molecule has 120 valence electrons. The van der Waals surface area contributed by atoms with Crippen molar-refractivity contribution >= 4 is 26.8 Å². The SMILES string of the molecule is CCCCCCN(CC)[N+](C)=C1NC(N(C)C)SS1.[Br-]. The van der Waals surface area contributed by atoms with Crippen molar-refractivity contribution in [1.29, 1.82) is 0 Å². The van der Waals surface area contributed by atoms with Crippen molar-refractivity contribution in [2.24, 2.45) is 0 Å². The molecule has 1 aliphatic heterocycles. The number of halogens is 1. The average molecular weight is 385 g/mol. The van der Waals surface area contributed by atoms with Gasteiger partial charge in [-0.05, 0) is 38.2 Å². The van der Waals surface area contributed by atoms with Crippen molar-refractivity contribution in [2.45, 2.75) is 45.0 Å². The predicted octanol–water partition coefficient (Wildman–Crippen LogP) is -0.364. The maximum atomic E-state index is 3.56. The molecule has 1 aliphatic rings. The number of hydrogen-bond donors (Lipinski definition) is 1. The van der Waals surface area contributed by atoms with Crippen LogP contribution in [0.5, 0.6) is 0 Å². The Labute approximate surface area is 142 Å². The molecule has 0 aromatic carbocycles. The number of nitrogens with one attached hydrogen (secondary N) is 1. The van der Waals surface area contributed by atoms with Gasteiger partial charge in [0.1, 0.15) is 7.05 Å². The van der Waals surface area contributed by atoms with Gasteiger partial charge < -0.3 is 17.0 Å². The van der Waals surface area contributed by atoms with Crippen LogP contribution in [-0.4, -0.2) is 59.5 Å². The van der Waals surface area contributed by atoms with Gasteiger partial charge in [0.25, 0.3) is 0 Å². The summed E-state index contributed by atoms with van der Waals surface area (Å²) in [6.07, 6.45) is 5.28. The molecule has 20 heavy (non-hydrogen) atoms. The number of hydrazine groups is 1. The summed E-state index contributed by atoms with van der Waals surface area (Å²) in [5.74, 6) is 0. The summed E-state index contributed by atoms with van der Waals surface area (Å²) in [5, 5.41) is 7.23. The molecule has 4 nitrogen and oxygen atoms in total. The molecule has 0 spiro atoms. The van der Waals surface area contributed by atoms with Gasteiger partial charge in [-0.3, -0.25) is 4.90 Å². The maximum absolute atomic E-state index is 3.56. The molecular weight excluding hydrogens is 356 g/mol. The van der Waals surface area contributed by atoms with Gasteiger partial charge in [0.2, 0.25) is 5.50 Å². The smallest absolute Gasteiger partial charge is 0.342 e. The van der Waals surface area contributed by atoms with Gasteiger partial charge in [0.05, 0.1) is 13.1 Å². The molecule has 1 atom stereocenters. The van der Waals surface area contributed by atoms with Crippen LogP contribution in [0.25, 0.3) is 0 Å². The van der Waals surface area contributed by atoms with Crippen molar-refractivity contribution in [3.05, 3.63) is 0 Å². The molecule has 0 saturated carbocycles. The first-order valence-corrected chi connectivity index (χ1v) is 9.43. The summed E-state index contributed by atoms with van der Waals surface area (Å²) in [7, 11) is 10.1. The summed E-state index contributed by atoms with van der Waals surface area (Å²) < 4.78 is 2.28. The summed E-state index contributed by atoms with van der Waals surface area (Å²) in [4.78, 5) is 2.20. The summed E-state index contributed by atoms with van der Waals surface area (Å²) >= 11 is 0. The number of hydrogen-bond acceptors (Lipinski definition) is 4. The number of amidine groups is 1. The molecule has 0 aromatic rings. The van der Waals surface area contributed by atoms with Crippen LogP contribution in [0.4, 0.5) is 0 Å². The summed E-state index contributed by atoms with van der Waals surface area (Å²) in [6, 6.07) is 0. The zero-order chi connectivity index (χ0) is 14.3. The molecule has 1 fully saturated rings. The quantitative estimate of drug-likeness (QED) is 0.266. The van der Waals surface area contributed by atoms with E-state index in [0.29, 0.717) is 5.50 Å². The Morgan fingerprint density at radius 2 is 1.90 bits per heavy atom. The fraction of sp³-hybridized carbons (Fsp3) is 0.923. The second-order valence-electron chi connectivity index (χ2n) is 5.08. The van der Waals surface area contributed by atoms with Gasteiger partial charge in [-0.2, -0.15) is 4.68 Å². The lowest BCUT2D eigenvalue weighted by Crippen LogP contribution is -3.00. The molecule has 0 aliphatic carbocycles. The number of nitrogens with zero attached hydrogens (tertiary/aromatic N) is 3. The second kappa shape index (κ2) is 11.0. The fourth-order valence-electron chi connectivity index (χ4n) is 1.98. The minimum Gasteiger partial charge on any atom is -1.00 e. The van der Waals surface area contributed by atoms with E-state index in [4.69, 9.17) is 0 Å². The van der Waals surface area contributed by atoms with Crippen LogP contribution in [0, 0.1) is 0 Å². The first kappa shape index (κ1) is 20.4. The standard InChI is InChI=1S/C13H28N4S2.BrH/c1-6-8-9-10-11-17(7-2)16(5)13-14-12(15(3)4)18-19-13;/h12H,6-11H2,1-5H3;1H. The van der Waals surface area contributed by atoms with Crippen molar-refractivity contribution in [2.75, 3.05) is 34.2 Å². The fourth-order valence-corrected chi connectivity index (χ4v) is 4.62. The average Bonchev–Trinajstić information content (AvgIpc) is 2.88. The molecule has 1 saturated heterocycles. The summed E-state index contributed by atoms with van der Waals surface area (Å²) in [5.41, 5.74) is 0.376. The Morgan fingerprint density at radius 1 is 1.20 bits per heavy atom. The van der Waals surface area contributed by atoms with Crippen LogP contribution in [0.1, 0.15) is 39.5 Å². The van der Waals surface area contributed by atoms with Gasteiger partial charge in [0.15, 0.2) is 0 Å². The number of hydrazone groups is 1. The molecule has 0 aromatic heterocycles. The zero-order valence-corrected chi connectivity index (χ0v) is 16.6. The van der Waals surface area contributed by atoms with E-state index in [1.165, 1.54) is 30.9 Å². The lowest BCUT2D eigenvalue weighted by molar-refractivity contribution is -0.667. The predicted molar refractivity (Wildman–Crippen MR) is 88.4 cm³/mol. The van der Waals surface area contributed by atoms with E-state index in [9.17, 15) is 0 Å². The second-order valence-corrected chi connectivity index (χ2v) is 7.35. The maximum Gasteiger partial charge on any atom is 0.342 e. The Balaban J connectivity index is 0.00000361. The van der Waals surface area contributed by atoms with Gasteiger partial charge in [0, 0.05) is 10.8 Å². The van der Waals surface area contributed by atoms with Gasteiger partial charge >= 0.3 is 5.17 Å². The van der Waals surface area contributed by atoms with Crippen molar-refractivity contribution in [3.8, 4) is 0 Å². The van der Waals surface area contributed by atoms with Gasteiger partial charge in [-0.1, -0.05) is 26.2 Å². The van der Waals surface area contributed by atoms with Crippen molar-refractivity contribution in [3.63, 3.8) is 0 Å². The highest BCUT2D eigenvalue weighted by molar-refractivity contribution is 8.83. The van der Waals surface area contributed by atoms with Crippen molar-refractivity contribution < 1.29 is 21.7 Å². The molecule has 0 amide bonds. The summed E-state index contributed by atoms with van der Waals surface area (Å²) in [6.45, 7) is 6.70. The minimum atomic E-state index is 0. The van der Waals surface area contributed by atoms with Gasteiger partial charge in [-0.25, -0.2) is 10.3 Å². The van der Waals surface area contributed by atoms with Crippen LogP contribution >= 0.6 is 21.6 Å². The van der Waals surface area contributed by atoms with Crippen LogP contribution < -0.4 is 22.3 Å². The van der Waals surface area contributed by atoms with E-state index in [0.717, 1.165) is 13.1 Å². The normalized spacial score (nSPS) is 20.6. The molecule has 1 N–H and O–H groups in total. The van der Waals surface area contributed by atoms with Crippen molar-refractivity contribution in [1.82, 2.24) is 15.2 Å². The van der Waals surface area contributed by atoms with E-state index in [1.54, 1.807) is 0 Å². The Bertz CT molecular complexity index is 300. The monoisotopic (exact) mass is 384 g/mol. The van der Waals surface area contributed by atoms with E-state index in [1.807, 2.05) is 21.6 Å². The highest BCUT2D eigenvalue weighted by Gasteiger charge is 2.32. The first-order valence-electron chi connectivity index (χ1n) is 7.22. The molecular formula is C13H29BrN4S2. The number of unbranched alkanes of at least 4 members (excludes halogenated alkanes) is 3. The number of rotatable bonds is 8. The van der Waals surface area contributed by atoms with E-state index in [-0.39, 0.29) is 17.0 Å². The molecule has 1 unspecified atom stereocenters. The highest BCUT2D eigenvalue weighted by atomic mass is 79.9. The van der Waals surface area contributed by atoms with E-state index in [2.05, 4.69) is 54.9 Å². The van der Waals surface area contributed by atoms with Gasteiger partial charge in [-0.15, -0.1) is 0 Å². The molecule has 0 radical (unpaired) electrons. The largest absolute Gasteiger partial charge is 1.00 e. The highest BCUT2D eigenvalue weighted by Crippen LogP contribution is 2.33. The third kappa shape index (κ3) is 6.45. The van der Waals surface area contributed by atoms with E-state index >= 15 is 0 Å². The van der Waals surface area contributed by atoms with Crippen LogP contribution in [0.3, 0.4) is 0 Å². The Hall–Kier alpha value is 0.410. The first-order chi connectivity index (χ1) is 9.10. The Kier molecular flexibility index (Phi) is 11.3. The Morgan fingerprint density at radius 3 is 2.40 bits per heavy atom. The third-order valence-corrected chi connectivity index (χ3v) is 5.95. The minimum absolute atomic E-state index is 0. The van der Waals surface area contributed by atoms with Crippen LogP contribution in [0.2, 0.25) is 0 Å². The van der Waals surface area contributed by atoms with Crippen LogP contribution in [-0.2, 0) is 0 Å².